The number of hydrogen-bond donors (Lipinski definition) is 1. The molecule has 3 unspecified atom stereocenters. The van der Waals surface area contributed by atoms with E-state index < -0.39 is 11.7 Å². The van der Waals surface area contributed by atoms with Crippen molar-refractivity contribution in [3.63, 3.8) is 0 Å². The van der Waals surface area contributed by atoms with E-state index in [1.54, 1.807) is 0 Å². The fourth-order valence-electron chi connectivity index (χ4n) is 1.38. The zero-order chi connectivity index (χ0) is 7.90. The molecule has 1 N–H and O–H groups in total. The van der Waals surface area contributed by atoms with E-state index in [0.717, 1.165) is 12.7 Å². The molecule has 11 heavy (non-hydrogen) atoms. The summed E-state index contributed by atoms with van der Waals surface area (Å²) < 4.78 is 9.96. The van der Waals surface area contributed by atoms with Gasteiger partial charge in [-0.3, -0.25) is 0 Å². The number of aliphatic hydroxyl groups is 1. The van der Waals surface area contributed by atoms with Crippen LogP contribution >= 0.6 is 0 Å². The van der Waals surface area contributed by atoms with Gasteiger partial charge in [0.15, 0.2) is 0 Å². The third-order valence-electron chi connectivity index (χ3n) is 2.35. The molecule has 4 heteroatoms. The van der Waals surface area contributed by atoms with Gasteiger partial charge in [0.25, 0.3) is 0 Å². The highest BCUT2D eigenvalue weighted by Gasteiger charge is 2.55. The van der Waals surface area contributed by atoms with E-state index in [1.165, 1.54) is 0 Å². The first kappa shape index (κ1) is 7.21. The molecule has 0 amide bonds. The summed E-state index contributed by atoms with van der Waals surface area (Å²) >= 11 is 0. The molecular weight excluding hydrogens is 148 g/mol. The maximum absolute atomic E-state index is 10.4. The first-order valence-corrected chi connectivity index (χ1v) is 3.70. The second-order valence-corrected chi connectivity index (χ2v) is 2.95. The third kappa shape index (κ3) is 0.834. The highest BCUT2D eigenvalue weighted by molar-refractivity contribution is 5.57. The van der Waals surface area contributed by atoms with E-state index in [2.05, 4.69) is 0 Å². The Hall–Kier alpha value is -0.450. The lowest BCUT2D eigenvalue weighted by Gasteiger charge is -2.49. The largest absolute Gasteiger partial charge is 0.372 e. The van der Waals surface area contributed by atoms with Crippen LogP contribution in [-0.2, 0) is 14.3 Å². The lowest BCUT2D eigenvalue weighted by molar-refractivity contribution is -0.375. The van der Waals surface area contributed by atoms with E-state index in [0.29, 0.717) is 13.2 Å². The lowest BCUT2D eigenvalue weighted by Crippen LogP contribution is -2.65. The van der Waals surface area contributed by atoms with Gasteiger partial charge in [-0.25, -0.2) is 0 Å². The Kier molecular flexibility index (Phi) is 1.49. The van der Waals surface area contributed by atoms with Crippen molar-refractivity contribution in [2.45, 2.75) is 18.3 Å². The molecule has 4 nitrogen and oxygen atoms in total. The quantitative estimate of drug-likeness (QED) is 0.540. The summed E-state index contributed by atoms with van der Waals surface area (Å²) in [6, 6.07) is 0. The summed E-state index contributed by atoms with van der Waals surface area (Å²) in [5.41, 5.74) is 0. The van der Waals surface area contributed by atoms with Crippen molar-refractivity contribution in [1.82, 2.24) is 0 Å². The molecule has 62 valence electrons. The molecule has 0 spiro atoms. The first-order valence-electron chi connectivity index (χ1n) is 3.70. The molecule has 0 aromatic carbocycles. The van der Waals surface area contributed by atoms with Gasteiger partial charge in [-0.15, -0.1) is 0 Å². The smallest absolute Gasteiger partial charge is 0.204 e. The summed E-state index contributed by atoms with van der Waals surface area (Å²) in [6.45, 7) is 0.974. The number of aldehydes is 1. The maximum Gasteiger partial charge on any atom is 0.204 e. The predicted octanol–water partition coefficient (Wildman–Crippen LogP) is -0.691. The zero-order valence-electron chi connectivity index (χ0n) is 6.03. The average molecular weight is 158 g/mol. The van der Waals surface area contributed by atoms with Gasteiger partial charge in [-0.1, -0.05) is 0 Å². The van der Waals surface area contributed by atoms with Crippen LogP contribution in [0.1, 0.15) is 6.42 Å². The topological polar surface area (TPSA) is 55.8 Å². The Balaban J connectivity index is 2.02. The van der Waals surface area contributed by atoms with Crippen molar-refractivity contribution < 1.29 is 19.4 Å². The molecule has 0 aromatic heterocycles. The van der Waals surface area contributed by atoms with Crippen LogP contribution in [0, 0.1) is 5.92 Å². The van der Waals surface area contributed by atoms with Crippen molar-refractivity contribution in [3.8, 4) is 0 Å². The second kappa shape index (κ2) is 2.27. The molecule has 0 aromatic rings. The van der Waals surface area contributed by atoms with Gasteiger partial charge in [-0.05, 0) is 0 Å². The van der Waals surface area contributed by atoms with Crippen LogP contribution in [0.25, 0.3) is 0 Å². The Bertz CT molecular complexity index is 177. The SMILES string of the molecule is O=CC1COC1(O)C1CCO1. The minimum atomic E-state index is -1.31. The molecule has 2 rings (SSSR count). The third-order valence-corrected chi connectivity index (χ3v) is 2.35. The standard InChI is InChI=1S/C7H10O4/c8-3-5-4-11-7(5,9)6-1-2-10-6/h3,5-6,9H,1-2,4H2. The van der Waals surface area contributed by atoms with Crippen LogP contribution in [0.2, 0.25) is 0 Å². The molecule has 2 saturated heterocycles. The number of rotatable bonds is 2. The molecule has 2 heterocycles. The molecular formula is C7H10O4. The summed E-state index contributed by atoms with van der Waals surface area (Å²) in [5.74, 6) is -1.70. The van der Waals surface area contributed by atoms with Crippen molar-refractivity contribution in [3.05, 3.63) is 0 Å². The number of ether oxygens (including phenoxy) is 2. The van der Waals surface area contributed by atoms with Crippen LogP contribution in [0.5, 0.6) is 0 Å². The van der Waals surface area contributed by atoms with Crippen LogP contribution in [0.4, 0.5) is 0 Å². The molecule has 0 saturated carbocycles. The van der Waals surface area contributed by atoms with Gasteiger partial charge < -0.3 is 19.4 Å². The molecule has 0 bridgehead atoms. The second-order valence-electron chi connectivity index (χ2n) is 2.95. The average Bonchev–Trinajstić information content (AvgIpc) is 1.82. The lowest BCUT2D eigenvalue weighted by atomic mass is 9.87. The highest BCUT2D eigenvalue weighted by Crippen LogP contribution is 2.38. The monoisotopic (exact) mass is 158 g/mol. The van der Waals surface area contributed by atoms with E-state index in [4.69, 9.17) is 9.47 Å². The zero-order valence-corrected chi connectivity index (χ0v) is 6.03. The van der Waals surface area contributed by atoms with Crippen molar-refractivity contribution >= 4 is 6.29 Å². The fraction of sp³-hybridized carbons (Fsp3) is 0.857. The Labute approximate surface area is 64.1 Å². The van der Waals surface area contributed by atoms with Crippen LogP contribution < -0.4 is 0 Å². The van der Waals surface area contributed by atoms with Crippen molar-refractivity contribution in [2.24, 2.45) is 5.92 Å². The predicted molar refractivity (Wildman–Crippen MR) is 34.8 cm³/mol. The van der Waals surface area contributed by atoms with Gasteiger partial charge in [0, 0.05) is 13.0 Å². The van der Waals surface area contributed by atoms with Gasteiger partial charge >= 0.3 is 0 Å². The van der Waals surface area contributed by atoms with Crippen LogP contribution in [0.15, 0.2) is 0 Å². The highest BCUT2D eigenvalue weighted by atomic mass is 16.7. The van der Waals surface area contributed by atoms with E-state index in [1.807, 2.05) is 0 Å². The van der Waals surface area contributed by atoms with E-state index in [9.17, 15) is 9.90 Å². The Morgan fingerprint density at radius 2 is 2.36 bits per heavy atom. The van der Waals surface area contributed by atoms with E-state index in [-0.39, 0.29) is 6.10 Å². The van der Waals surface area contributed by atoms with Gasteiger partial charge in [0.05, 0.1) is 12.5 Å². The number of hydrogen-bond acceptors (Lipinski definition) is 4. The molecule has 2 fully saturated rings. The molecule has 3 atom stereocenters. The summed E-state index contributed by atoms with van der Waals surface area (Å²) in [6.07, 6.45) is 1.22. The maximum atomic E-state index is 10.4. The van der Waals surface area contributed by atoms with Crippen LogP contribution in [0.3, 0.4) is 0 Å². The van der Waals surface area contributed by atoms with Gasteiger partial charge in [0.1, 0.15) is 12.4 Å². The number of carbonyl (C=O) groups is 1. The first-order chi connectivity index (χ1) is 5.27. The molecule has 0 radical (unpaired) electrons. The molecule has 2 aliphatic heterocycles. The van der Waals surface area contributed by atoms with Gasteiger partial charge in [0.2, 0.25) is 5.79 Å². The summed E-state index contributed by atoms with van der Waals surface area (Å²) in [7, 11) is 0. The van der Waals surface area contributed by atoms with Crippen LogP contribution in [-0.4, -0.2) is 36.5 Å². The van der Waals surface area contributed by atoms with E-state index >= 15 is 0 Å². The van der Waals surface area contributed by atoms with Crippen molar-refractivity contribution in [2.75, 3.05) is 13.2 Å². The minimum absolute atomic E-state index is 0.286. The summed E-state index contributed by atoms with van der Waals surface area (Å²) in [4.78, 5) is 10.4. The van der Waals surface area contributed by atoms with Gasteiger partial charge in [-0.2, -0.15) is 0 Å². The molecule has 2 aliphatic rings. The Morgan fingerprint density at radius 3 is 2.64 bits per heavy atom. The van der Waals surface area contributed by atoms with Crippen molar-refractivity contribution in [1.29, 1.82) is 0 Å². The number of carbonyl (C=O) groups excluding carboxylic acids is 1. The normalized spacial score (nSPS) is 49.2. The molecule has 0 aliphatic carbocycles. The summed E-state index contributed by atoms with van der Waals surface area (Å²) in [5, 5.41) is 9.61. The fourth-order valence-corrected chi connectivity index (χ4v) is 1.38. The Morgan fingerprint density at radius 1 is 1.64 bits per heavy atom. The minimum Gasteiger partial charge on any atom is -0.372 e.